The molecule has 0 saturated carbocycles. The standard InChI is InChI=1S/C13H23N3O2/c1-2-7-16-10-11(14)9-12(16)13(18)15-6-4-3-5-8-17/h9-10,17H,2-8,14H2,1H3,(H,15,18). The van der Waals surface area contributed by atoms with E-state index in [1.54, 1.807) is 12.3 Å². The van der Waals surface area contributed by atoms with Gasteiger partial charge in [-0.15, -0.1) is 0 Å². The van der Waals surface area contributed by atoms with Crippen LogP contribution in [0.25, 0.3) is 0 Å². The number of hydrogen-bond donors (Lipinski definition) is 3. The number of anilines is 1. The van der Waals surface area contributed by atoms with Gasteiger partial charge in [-0.25, -0.2) is 0 Å². The number of rotatable bonds is 8. The Hall–Kier alpha value is -1.49. The van der Waals surface area contributed by atoms with Gasteiger partial charge in [-0.2, -0.15) is 0 Å². The molecule has 0 unspecified atom stereocenters. The molecule has 18 heavy (non-hydrogen) atoms. The van der Waals surface area contributed by atoms with Gasteiger partial charge in [0.1, 0.15) is 5.69 Å². The predicted octanol–water partition coefficient (Wildman–Crippen LogP) is 1.37. The van der Waals surface area contributed by atoms with Crippen molar-refractivity contribution in [1.29, 1.82) is 0 Å². The van der Waals surface area contributed by atoms with Gasteiger partial charge in [0.15, 0.2) is 0 Å². The van der Waals surface area contributed by atoms with Gasteiger partial charge in [0.25, 0.3) is 5.91 Å². The van der Waals surface area contributed by atoms with E-state index in [1.807, 2.05) is 4.57 Å². The van der Waals surface area contributed by atoms with Crippen LogP contribution in [-0.4, -0.2) is 28.7 Å². The Morgan fingerprint density at radius 2 is 2.22 bits per heavy atom. The van der Waals surface area contributed by atoms with Crippen molar-refractivity contribution in [2.75, 3.05) is 18.9 Å². The number of aryl methyl sites for hydroxylation is 1. The minimum Gasteiger partial charge on any atom is -0.397 e. The molecule has 0 bridgehead atoms. The normalized spacial score (nSPS) is 10.6. The largest absolute Gasteiger partial charge is 0.397 e. The summed E-state index contributed by atoms with van der Waals surface area (Å²) < 4.78 is 1.89. The highest BCUT2D eigenvalue weighted by molar-refractivity contribution is 5.93. The van der Waals surface area contributed by atoms with Crippen LogP contribution in [-0.2, 0) is 6.54 Å². The summed E-state index contributed by atoms with van der Waals surface area (Å²) in [7, 11) is 0. The average Bonchev–Trinajstić information content (AvgIpc) is 2.70. The number of carbonyl (C=O) groups excluding carboxylic acids is 1. The number of carbonyl (C=O) groups is 1. The lowest BCUT2D eigenvalue weighted by atomic mass is 10.2. The number of aliphatic hydroxyl groups is 1. The molecule has 5 nitrogen and oxygen atoms in total. The van der Waals surface area contributed by atoms with E-state index in [0.717, 1.165) is 32.2 Å². The first kappa shape index (κ1) is 14.6. The number of nitrogens with two attached hydrogens (primary N) is 1. The molecule has 1 heterocycles. The minimum atomic E-state index is -0.0795. The van der Waals surface area contributed by atoms with Crippen LogP contribution in [0, 0.1) is 0 Å². The summed E-state index contributed by atoms with van der Waals surface area (Å²) >= 11 is 0. The molecule has 0 aromatic carbocycles. The Labute approximate surface area is 108 Å². The fourth-order valence-corrected chi connectivity index (χ4v) is 1.86. The molecule has 1 rings (SSSR count). The van der Waals surface area contributed by atoms with Crippen LogP contribution in [0.1, 0.15) is 43.1 Å². The zero-order valence-electron chi connectivity index (χ0n) is 11.0. The maximum atomic E-state index is 11.9. The van der Waals surface area contributed by atoms with Crippen LogP contribution >= 0.6 is 0 Å². The molecule has 0 aliphatic carbocycles. The van der Waals surface area contributed by atoms with Crippen molar-refractivity contribution in [3.05, 3.63) is 18.0 Å². The van der Waals surface area contributed by atoms with Crippen molar-refractivity contribution in [3.63, 3.8) is 0 Å². The third-order valence-electron chi connectivity index (χ3n) is 2.74. The van der Waals surface area contributed by atoms with Gasteiger partial charge in [-0.05, 0) is 31.7 Å². The maximum Gasteiger partial charge on any atom is 0.267 e. The van der Waals surface area contributed by atoms with Crippen LogP contribution in [0.4, 0.5) is 5.69 Å². The maximum absolute atomic E-state index is 11.9. The highest BCUT2D eigenvalue weighted by atomic mass is 16.2. The Balaban J connectivity index is 2.45. The Morgan fingerprint density at radius 3 is 2.89 bits per heavy atom. The lowest BCUT2D eigenvalue weighted by Crippen LogP contribution is -2.26. The van der Waals surface area contributed by atoms with Crippen molar-refractivity contribution in [3.8, 4) is 0 Å². The minimum absolute atomic E-state index is 0.0795. The number of nitrogens with one attached hydrogen (secondary N) is 1. The Kier molecular flexibility index (Phi) is 6.28. The van der Waals surface area contributed by atoms with Crippen molar-refractivity contribution in [2.24, 2.45) is 0 Å². The summed E-state index contributed by atoms with van der Waals surface area (Å²) in [6.07, 6.45) is 5.36. The molecule has 1 aromatic heterocycles. The number of aliphatic hydroxyl groups excluding tert-OH is 1. The number of aromatic nitrogens is 1. The lowest BCUT2D eigenvalue weighted by molar-refractivity contribution is 0.0943. The fourth-order valence-electron chi connectivity index (χ4n) is 1.86. The van der Waals surface area contributed by atoms with Crippen LogP contribution in [0.5, 0.6) is 0 Å². The van der Waals surface area contributed by atoms with Gasteiger partial charge >= 0.3 is 0 Å². The summed E-state index contributed by atoms with van der Waals surface area (Å²) in [5.74, 6) is -0.0795. The molecule has 0 saturated heterocycles. The molecular formula is C13H23N3O2. The smallest absolute Gasteiger partial charge is 0.267 e. The number of amides is 1. The summed E-state index contributed by atoms with van der Waals surface area (Å²) in [4.78, 5) is 11.9. The monoisotopic (exact) mass is 253 g/mol. The van der Waals surface area contributed by atoms with Gasteiger partial charge in [-0.3, -0.25) is 4.79 Å². The number of nitrogen functional groups attached to an aromatic ring is 1. The van der Waals surface area contributed by atoms with E-state index in [2.05, 4.69) is 12.2 Å². The van der Waals surface area contributed by atoms with Gasteiger partial charge in [0.2, 0.25) is 0 Å². The topological polar surface area (TPSA) is 80.3 Å². The second-order valence-corrected chi connectivity index (χ2v) is 4.39. The first-order chi connectivity index (χ1) is 8.69. The molecule has 0 fully saturated rings. The first-order valence-corrected chi connectivity index (χ1v) is 6.53. The Morgan fingerprint density at radius 1 is 1.44 bits per heavy atom. The molecule has 4 N–H and O–H groups in total. The molecule has 0 aliphatic heterocycles. The number of nitrogens with zero attached hydrogens (tertiary/aromatic N) is 1. The molecule has 0 spiro atoms. The van der Waals surface area contributed by atoms with E-state index < -0.39 is 0 Å². The van der Waals surface area contributed by atoms with Crippen LogP contribution in [0.15, 0.2) is 12.3 Å². The van der Waals surface area contributed by atoms with Crippen LogP contribution < -0.4 is 11.1 Å². The summed E-state index contributed by atoms with van der Waals surface area (Å²) in [5.41, 5.74) is 6.95. The number of hydrogen-bond acceptors (Lipinski definition) is 3. The summed E-state index contributed by atoms with van der Waals surface area (Å²) in [6, 6.07) is 1.71. The van der Waals surface area contributed by atoms with Crippen LogP contribution in [0.2, 0.25) is 0 Å². The molecular weight excluding hydrogens is 230 g/mol. The molecule has 1 amide bonds. The van der Waals surface area contributed by atoms with Gasteiger partial charge < -0.3 is 20.7 Å². The van der Waals surface area contributed by atoms with E-state index in [9.17, 15) is 4.79 Å². The zero-order valence-corrected chi connectivity index (χ0v) is 11.0. The SMILES string of the molecule is CCCn1cc(N)cc1C(=O)NCCCCCO. The van der Waals surface area contributed by atoms with Crippen LogP contribution in [0.3, 0.4) is 0 Å². The quantitative estimate of drug-likeness (QED) is 0.612. The van der Waals surface area contributed by atoms with Crippen molar-refractivity contribution in [1.82, 2.24) is 9.88 Å². The van der Waals surface area contributed by atoms with E-state index in [0.29, 0.717) is 17.9 Å². The van der Waals surface area contributed by atoms with E-state index in [-0.39, 0.29) is 12.5 Å². The molecule has 1 aromatic rings. The van der Waals surface area contributed by atoms with Gasteiger partial charge in [-0.1, -0.05) is 6.92 Å². The summed E-state index contributed by atoms with van der Waals surface area (Å²) in [6.45, 7) is 3.71. The highest BCUT2D eigenvalue weighted by Crippen LogP contribution is 2.11. The van der Waals surface area contributed by atoms with E-state index in [4.69, 9.17) is 10.8 Å². The molecule has 102 valence electrons. The lowest BCUT2D eigenvalue weighted by Gasteiger charge is -2.08. The van der Waals surface area contributed by atoms with Gasteiger partial charge in [0, 0.05) is 25.9 Å². The average molecular weight is 253 g/mol. The van der Waals surface area contributed by atoms with Gasteiger partial charge in [0.05, 0.1) is 5.69 Å². The van der Waals surface area contributed by atoms with E-state index in [1.165, 1.54) is 0 Å². The third-order valence-corrected chi connectivity index (χ3v) is 2.74. The second kappa shape index (κ2) is 7.76. The molecule has 0 radical (unpaired) electrons. The van der Waals surface area contributed by atoms with Crippen molar-refractivity contribution >= 4 is 11.6 Å². The molecule has 0 atom stereocenters. The molecule has 0 aliphatic rings. The predicted molar refractivity (Wildman–Crippen MR) is 72.4 cm³/mol. The van der Waals surface area contributed by atoms with Crippen molar-refractivity contribution < 1.29 is 9.90 Å². The van der Waals surface area contributed by atoms with E-state index >= 15 is 0 Å². The Bertz CT molecular complexity index is 374. The summed E-state index contributed by atoms with van der Waals surface area (Å²) in [5, 5.41) is 11.5. The highest BCUT2D eigenvalue weighted by Gasteiger charge is 2.11. The fraction of sp³-hybridized carbons (Fsp3) is 0.615. The third kappa shape index (κ3) is 4.41. The molecule has 5 heteroatoms. The first-order valence-electron chi connectivity index (χ1n) is 6.53. The number of unbranched alkanes of at least 4 members (excludes halogenated alkanes) is 2. The second-order valence-electron chi connectivity index (χ2n) is 4.39. The van der Waals surface area contributed by atoms with Crippen molar-refractivity contribution in [2.45, 2.75) is 39.2 Å². The zero-order chi connectivity index (χ0) is 13.4.